The molecule has 0 saturated carbocycles. The molecule has 0 spiro atoms. The van der Waals surface area contributed by atoms with E-state index in [2.05, 4.69) is 25.1 Å². The molecule has 0 fully saturated rings. The minimum absolute atomic E-state index is 0.0674. The van der Waals surface area contributed by atoms with Gasteiger partial charge in [0.1, 0.15) is 5.69 Å². The Morgan fingerprint density at radius 1 is 1.03 bits per heavy atom. The van der Waals surface area contributed by atoms with Crippen LogP contribution in [-0.2, 0) is 0 Å². The number of H-pyrrole nitrogens is 2. The highest BCUT2D eigenvalue weighted by Crippen LogP contribution is 2.35. The number of carbonyl (C=O) groups excluding carboxylic acids is 1. The Morgan fingerprint density at radius 3 is 2.72 bits per heavy atom. The monoisotopic (exact) mass is 436 g/mol. The number of Topliss-reactive ketones (excluding diaryl/α,β-unsaturated/α-hetero) is 1. The third-order valence-corrected chi connectivity index (χ3v) is 6.60. The quantitative estimate of drug-likeness (QED) is 0.356. The molecule has 2 N–H and O–H groups in total. The summed E-state index contributed by atoms with van der Waals surface area (Å²) in [5.41, 5.74) is 6.14. The number of ketones is 1. The highest BCUT2D eigenvalue weighted by molar-refractivity contribution is 7.17. The van der Waals surface area contributed by atoms with Crippen LogP contribution in [-0.4, -0.2) is 35.9 Å². The summed E-state index contributed by atoms with van der Waals surface area (Å²) in [6.07, 6.45) is 5.28. The molecule has 6 aromatic rings. The largest absolute Gasteiger partial charge is 0.337 e. The molecule has 0 atom stereocenters. The molecule has 1 aromatic carbocycles. The SMILES string of the molecule is CC(=O)c1ccc(-c2cccc3[nH]c(-c4n[nH]c5cnc(-c6ccncc6)cc45)nc23)s1. The maximum atomic E-state index is 11.7. The lowest BCUT2D eigenvalue weighted by molar-refractivity contribution is 0.102. The van der Waals surface area contributed by atoms with Crippen LogP contribution in [0.4, 0.5) is 0 Å². The molecule has 0 saturated heterocycles. The fourth-order valence-corrected chi connectivity index (χ4v) is 4.72. The Kier molecular flexibility index (Phi) is 4.19. The van der Waals surface area contributed by atoms with Crippen molar-refractivity contribution < 1.29 is 4.79 Å². The third-order valence-electron chi connectivity index (χ3n) is 5.38. The number of aromatic amines is 2. The summed E-state index contributed by atoms with van der Waals surface area (Å²) in [6.45, 7) is 1.58. The summed E-state index contributed by atoms with van der Waals surface area (Å²) in [6, 6.07) is 15.7. The van der Waals surface area contributed by atoms with Crippen LogP contribution < -0.4 is 0 Å². The summed E-state index contributed by atoms with van der Waals surface area (Å²) in [7, 11) is 0. The number of aromatic nitrogens is 6. The number of thiophene rings is 1. The smallest absolute Gasteiger partial charge is 0.169 e. The molecule has 0 bridgehead atoms. The number of nitrogens with zero attached hydrogens (tertiary/aromatic N) is 4. The van der Waals surface area contributed by atoms with E-state index in [-0.39, 0.29) is 5.78 Å². The zero-order valence-electron chi connectivity index (χ0n) is 17.0. The number of fused-ring (bicyclic) bond motifs is 2. The Morgan fingerprint density at radius 2 is 1.91 bits per heavy atom. The maximum Gasteiger partial charge on any atom is 0.169 e. The number of para-hydroxylation sites is 1. The molecule has 0 aliphatic heterocycles. The molecule has 0 aliphatic carbocycles. The minimum Gasteiger partial charge on any atom is -0.337 e. The van der Waals surface area contributed by atoms with E-state index in [1.54, 1.807) is 25.5 Å². The van der Waals surface area contributed by atoms with Gasteiger partial charge in [-0.1, -0.05) is 12.1 Å². The minimum atomic E-state index is 0.0674. The van der Waals surface area contributed by atoms with Crippen molar-refractivity contribution >= 4 is 39.1 Å². The Labute approximate surface area is 186 Å². The first kappa shape index (κ1) is 18.6. The number of imidazole rings is 1. The highest BCUT2D eigenvalue weighted by atomic mass is 32.1. The lowest BCUT2D eigenvalue weighted by Gasteiger charge is -2.00. The predicted octanol–water partition coefficient (Wildman–Crippen LogP) is 5.49. The van der Waals surface area contributed by atoms with Gasteiger partial charge in [-0.05, 0) is 43.3 Å². The summed E-state index contributed by atoms with van der Waals surface area (Å²) in [5.74, 6) is 0.742. The number of carbonyl (C=O) groups is 1. The Bertz CT molecular complexity index is 1610. The molecule has 0 amide bonds. The van der Waals surface area contributed by atoms with E-state index >= 15 is 0 Å². The topological polar surface area (TPSA) is 100 Å². The van der Waals surface area contributed by atoms with Gasteiger partial charge in [-0.2, -0.15) is 5.10 Å². The molecule has 8 heteroatoms. The second-order valence-electron chi connectivity index (χ2n) is 7.43. The van der Waals surface area contributed by atoms with E-state index in [0.29, 0.717) is 5.82 Å². The first-order valence-corrected chi connectivity index (χ1v) is 10.8. The predicted molar refractivity (Wildman–Crippen MR) is 126 cm³/mol. The first-order chi connectivity index (χ1) is 15.7. The van der Waals surface area contributed by atoms with E-state index in [9.17, 15) is 4.79 Å². The second-order valence-corrected chi connectivity index (χ2v) is 8.51. The molecule has 0 aliphatic rings. The van der Waals surface area contributed by atoms with Crippen molar-refractivity contribution in [3.63, 3.8) is 0 Å². The highest BCUT2D eigenvalue weighted by Gasteiger charge is 2.17. The molecule has 6 rings (SSSR count). The van der Waals surface area contributed by atoms with Crippen molar-refractivity contribution in [1.82, 2.24) is 30.1 Å². The summed E-state index contributed by atoms with van der Waals surface area (Å²) < 4.78 is 0. The van der Waals surface area contributed by atoms with E-state index in [0.717, 1.165) is 54.2 Å². The third kappa shape index (κ3) is 3.00. The molecule has 154 valence electrons. The molecule has 0 radical (unpaired) electrons. The van der Waals surface area contributed by atoms with Gasteiger partial charge in [-0.25, -0.2) is 4.98 Å². The molecule has 0 unspecified atom stereocenters. The molecule has 5 heterocycles. The molecular formula is C24H16N6OS. The molecule has 5 aromatic heterocycles. The lowest BCUT2D eigenvalue weighted by Crippen LogP contribution is -1.85. The zero-order chi connectivity index (χ0) is 21.7. The average molecular weight is 437 g/mol. The molecule has 32 heavy (non-hydrogen) atoms. The van der Waals surface area contributed by atoms with Crippen molar-refractivity contribution in [2.24, 2.45) is 0 Å². The van der Waals surface area contributed by atoms with Gasteiger partial charge in [-0.3, -0.25) is 19.9 Å². The van der Waals surface area contributed by atoms with Crippen molar-refractivity contribution in [3.8, 4) is 33.2 Å². The van der Waals surface area contributed by atoms with E-state index in [4.69, 9.17) is 4.98 Å². The molecule has 7 nitrogen and oxygen atoms in total. The van der Waals surface area contributed by atoms with Crippen LogP contribution in [0.15, 0.2) is 67.1 Å². The van der Waals surface area contributed by atoms with Gasteiger partial charge < -0.3 is 4.98 Å². The first-order valence-electron chi connectivity index (χ1n) is 10.0. The van der Waals surface area contributed by atoms with Gasteiger partial charge in [0, 0.05) is 33.8 Å². The summed E-state index contributed by atoms with van der Waals surface area (Å²) in [5, 5.41) is 8.50. The van der Waals surface area contributed by atoms with Crippen molar-refractivity contribution in [2.45, 2.75) is 6.92 Å². The maximum absolute atomic E-state index is 11.7. The molecular weight excluding hydrogens is 420 g/mol. The fraction of sp³-hybridized carbons (Fsp3) is 0.0417. The Hall–Kier alpha value is -4.17. The Balaban J connectivity index is 1.49. The van der Waals surface area contributed by atoms with Gasteiger partial charge in [0.2, 0.25) is 0 Å². The van der Waals surface area contributed by atoms with E-state index in [1.165, 1.54) is 11.3 Å². The van der Waals surface area contributed by atoms with Gasteiger partial charge >= 0.3 is 0 Å². The van der Waals surface area contributed by atoms with Crippen LogP contribution >= 0.6 is 11.3 Å². The summed E-state index contributed by atoms with van der Waals surface area (Å²) >= 11 is 1.48. The standard InChI is InChI=1S/C24H16N6OS/c1-13(31)20-5-6-21(32-20)15-3-2-4-17-22(15)28-24(27-17)23-16-11-18(14-7-9-25-10-8-14)26-12-19(16)29-30-23/h2-12H,1H3,(H,27,28)(H,29,30). The number of benzene rings is 1. The van der Waals surface area contributed by atoms with Gasteiger partial charge in [0.25, 0.3) is 0 Å². The van der Waals surface area contributed by atoms with Gasteiger partial charge in [0.15, 0.2) is 11.6 Å². The second kappa shape index (κ2) is 7.21. The normalized spacial score (nSPS) is 11.4. The lowest BCUT2D eigenvalue weighted by atomic mass is 10.1. The number of hydrogen-bond acceptors (Lipinski definition) is 6. The van der Waals surface area contributed by atoms with Crippen LogP contribution in [0.2, 0.25) is 0 Å². The van der Waals surface area contributed by atoms with Crippen molar-refractivity contribution in [3.05, 3.63) is 72.0 Å². The number of nitrogens with one attached hydrogen (secondary N) is 2. The zero-order valence-corrected chi connectivity index (χ0v) is 17.8. The van der Waals surface area contributed by atoms with Gasteiger partial charge in [0.05, 0.1) is 33.3 Å². The van der Waals surface area contributed by atoms with Crippen molar-refractivity contribution in [1.29, 1.82) is 0 Å². The number of hydrogen-bond donors (Lipinski definition) is 2. The van der Waals surface area contributed by atoms with Crippen LogP contribution in [0.25, 0.3) is 55.2 Å². The van der Waals surface area contributed by atoms with Crippen molar-refractivity contribution in [2.75, 3.05) is 0 Å². The van der Waals surface area contributed by atoms with Gasteiger partial charge in [-0.15, -0.1) is 11.3 Å². The fourth-order valence-electron chi connectivity index (χ4n) is 3.79. The number of rotatable bonds is 4. The summed E-state index contributed by atoms with van der Waals surface area (Å²) in [4.78, 5) is 30.4. The van der Waals surface area contributed by atoms with E-state index in [1.807, 2.05) is 48.5 Å². The van der Waals surface area contributed by atoms with Crippen LogP contribution in [0, 0.1) is 0 Å². The van der Waals surface area contributed by atoms with Crippen LogP contribution in [0.3, 0.4) is 0 Å². The average Bonchev–Trinajstić information content (AvgIpc) is 3.56. The number of pyridine rings is 2. The van der Waals surface area contributed by atoms with Crippen LogP contribution in [0.5, 0.6) is 0 Å². The van der Waals surface area contributed by atoms with Crippen LogP contribution in [0.1, 0.15) is 16.6 Å². The van der Waals surface area contributed by atoms with E-state index < -0.39 is 0 Å².